The number of hydrogen-bond donors (Lipinski definition) is 2. The van der Waals surface area contributed by atoms with Crippen molar-refractivity contribution in [2.75, 3.05) is 0 Å². The van der Waals surface area contributed by atoms with Crippen LogP contribution in [-0.2, 0) is 0 Å². The lowest BCUT2D eigenvalue weighted by molar-refractivity contribution is -0.386. The molecule has 0 aromatic heterocycles. The maximum Gasteiger partial charge on any atom is 0.316 e. The summed E-state index contributed by atoms with van der Waals surface area (Å²) in [7, 11) is 0. The molecule has 0 amide bonds. The van der Waals surface area contributed by atoms with Gasteiger partial charge in [0, 0.05) is 6.07 Å². The van der Waals surface area contributed by atoms with E-state index in [4.69, 9.17) is 15.5 Å². The normalized spacial score (nSPS) is 9.43. The lowest BCUT2D eigenvalue weighted by Gasteiger charge is -2.01. The van der Waals surface area contributed by atoms with Gasteiger partial charge in [0.15, 0.2) is 5.82 Å². The number of aromatic hydroxyl groups is 2. The average molecular weight is 198 g/mol. The molecule has 14 heavy (non-hydrogen) atoms. The molecule has 0 spiro atoms. The van der Waals surface area contributed by atoms with Gasteiger partial charge in [0.05, 0.1) is 10.5 Å². The fraction of sp³-hybridized carbons (Fsp3) is 0. The first-order valence-corrected chi connectivity index (χ1v) is 3.28. The van der Waals surface area contributed by atoms with E-state index in [1.54, 1.807) is 0 Å². The summed E-state index contributed by atoms with van der Waals surface area (Å²) in [5.74, 6) is -3.86. The summed E-state index contributed by atoms with van der Waals surface area (Å²) in [6.07, 6.45) is 0. The zero-order chi connectivity index (χ0) is 10.9. The molecule has 6 nitrogen and oxygen atoms in total. The number of nitro benzene ring substituents is 1. The molecule has 0 aliphatic carbocycles. The fourth-order valence-corrected chi connectivity index (χ4v) is 0.842. The van der Waals surface area contributed by atoms with Gasteiger partial charge in [0.25, 0.3) is 0 Å². The Balaban J connectivity index is 3.59. The maximum atomic E-state index is 12.9. The molecular weight excluding hydrogens is 195 g/mol. The Bertz CT molecular complexity index is 452. The van der Waals surface area contributed by atoms with Crippen LogP contribution in [-0.4, -0.2) is 15.1 Å². The molecule has 1 rings (SSSR count). The van der Waals surface area contributed by atoms with E-state index < -0.39 is 33.5 Å². The molecule has 0 fully saturated rings. The summed E-state index contributed by atoms with van der Waals surface area (Å²) >= 11 is 0. The molecule has 0 aliphatic rings. The van der Waals surface area contributed by atoms with Crippen LogP contribution in [0.15, 0.2) is 6.07 Å². The van der Waals surface area contributed by atoms with E-state index in [0.717, 1.165) is 0 Å². The smallest absolute Gasteiger partial charge is 0.316 e. The van der Waals surface area contributed by atoms with Gasteiger partial charge in [-0.2, -0.15) is 5.26 Å². The number of nitro groups is 1. The highest BCUT2D eigenvalue weighted by atomic mass is 19.1. The van der Waals surface area contributed by atoms with Crippen molar-refractivity contribution in [1.82, 2.24) is 0 Å². The van der Waals surface area contributed by atoms with E-state index in [1.165, 1.54) is 6.07 Å². The molecule has 1 aromatic carbocycles. The van der Waals surface area contributed by atoms with E-state index in [-0.39, 0.29) is 0 Å². The molecule has 0 saturated heterocycles. The Hall–Kier alpha value is -2.36. The Labute approximate surface area is 76.6 Å². The van der Waals surface area contributed by atoms with E-state index >= 15 is 0 Å². The second-order valence-corrected chi connectivity index (χ2v) is 2.32. The Morgan fingerprint density at radius 2 is 2.07 bits per heavy atom. The minimum absolute atomic E-state index is 0.546. The van der Waals surface area contributed by atoms with Crippen molar-refractivity contribution in [2.45, 2.75) is 0 Å². The SMILES string of the molecule is N#Cc1cc([N+](=O)[O-])c(O)c(O)c1F. The summed E-state index contributed by atoms with van der Waals surface area (Å²) in [5, 5.41) is 36.4. The van der Waals surface area contributed by atoms with Crippen LogP contribution in [0.25, 0.3) is 0 Å². The van der Waals surface area contributed by atoms with Gasteiger partial charge in [-0.1, -0.05) is 0 Å². The Morgan fingerprint density at radius 3 is 2.50 bits per heavy atom. The standard InChI is InChI=1S/C7H3FN2O4/c8-5-3(2-9)1-4(10(13)14)6(11)7(5)12/h1,11-12H. The number of hydrogen-bond acceptors (Lipinski definition) is 5. The van der Waals surface area contributed by atoms with Crippen LogP contribution in [0.4, 0.5) is 10.1 Å². The molecule has 2 N–H and O–H groups in total. The van der Waals surface area contributed by atoms with E-state index in [2.05, 4.69) is 0 Å². The largest absolute Gasteiger partial charge is 0.502 e. The highest BCUT2D eigenvalue weighted by Crippen LogP contribution is 2.38. The fourth-order valence-electron chi connectivity index (χ4n) is 0.842. The lowest BCUT2D eigenvalue weighted by atomic mass is 10.1. The van der Waals surface area contributed by atoms with E-state index in [9.17, 15) is 14.5 Å². The minimum atomic E-state index is -1.38. The highest BCUT2D eigenvalue weighted by molar-refractivity contribution is 5.59. The van der Waals surface area contributed by atoms with Gasteiger partial charge in [-0.3, -0.25) is 10.1 Å². The minimum Gasteiger partial charge on any atom is -0.502 e. The van der Waals surface area contributed by atoms with Gasteiger partial charge in [-0.25, -0.2) is 4.39 Å². The number of nitrogens with zero attached hydrogens (tertiary/aromatic N) is 2. The van der Waals surface area contributed by atoms with Crippen LogP contribution in [0.2, 0.25) is 0 Å². The van der Waals surface area contributed by atoms with Gasteiger partial charge in [0.1, 0.15) is 6.07 Å². The van der Waals surface area contributed by atoms with Crippen molar-refractivity contribution in [2.24, 2.45) is 0 Å². The van der Waals surface area contributed by atoms with Crippen molar-refractivity contribution in [3.63, 3.8) is 0 Å². The molecule has 0 heterocycles. The number of phenols is 2. The van der Waals surface area contributed by atoms with Gasteiger partial charge in [-0.15, -0.1) is 0 Å². The number of phenolic OH excluding ortho intramolecular Hbond substituents is 2. The quantitative estimate of drug-likeness (QED) is 0.397. The third-order valence-corrected chi connectivity index (χ3v) is 1.51. The van der Waals surface area contributed by atoms with Crippen molar-refractivity contribution >= 4 is 5.69 Å². The number of rotatable bonds is 1. The first kappa shape index (κ1) is 9.73. The molecule has 0 radical (unpaired) electrons. The predicted molar refractivity (Wildman–Crippen MR) is 41.1 cm³/mol. The Kier molecular flexibility index (Phi) is 2.21. The van der Waals surface area contributed by atoms with Gasteiger partial charge in [0.2, 0.25) is 11.5 Å². The van der Waals surface area contributed by atoms with Crippen LogP contribution >= 0.6 is 0 Å². The first-order valence-electron chi connectivity index (χ1n) is 3.28. The van der Waals surface area contributed by atoms with Crippen molar-refractivity contribution < 1.29 is 19.5 Å². The van der Waals surface area contributed by atoms with Crippen LogP contribution < -0.4 is 0 Å². The monoisotopic (exact) mass is 198 g/mol. The Morgan fingerprint density at radius 1 is 1.50 bits per heavy atom. The summed E-state index contributed by atoms with van der Waals surface area (Å²) in [5.41, 5.74) is -1.62. The van der Waals surface area contributed by atoms with Crippen LogP contribution in [0, 0.1) is 27.3 Å². The number of nitriles is 1. The third-order valence-electron chi connectivity index (χ3n) is 1.51. The molecule has 0 saturated carbocycles. The summed E-state index contributed by atoms with van der Waals surface area (Å²) < 4.78 is 12.9. The number of halogens is 1. The van der Waals surface area contributed by atoms with E-state index in [1.807, 2.05) is 0 Å². The van der Waals surface area contributed by atoms with Crippen molar-refractivity contribution in [3.8, 4) is 17.6 Å². The van der Waals surface area contributed by atoms with E-state index in [0.29, 0.717) is 6.07 Å². The van der Waals surface area contributed by atoms with Crippen molar-refractivity contribution in [3.05, 3.63) is 27.6 Å². The molecule has 0 atom stereocenters. The van der Waals surface area contributed by atoms with Gasteiger partial charge < -0.3 is 10.2 Å². The second-order valence-electron chi connectivity index (χ2n) is 2.32. The van der Waals surface area contributed by atoms with Crippen LogP contribution in [0.5, 0.6) is 11.5 Å². The summed E-state index contributed by atoms with van der Waals surface area (Å²) in [6.45, 7) is 0. The second kappa shape index (κ2) is 3.18. The molecule has 0 unspecified atom stereocenters. The summed E-state index contributed by atoms with van der Waals surface area (Å²) in [6, 6.07) is 1.85. The third kappa shape index (κ3) is 1.29. The highest BCUT2D eigenvalue weighted by Gasteiger charge is 2.24. The first-order chi connectivity index (χ1) is 6.49. The molecule has 7 heteroatoms. The van der Waals surface area contributed by atoms with Gasteiger partial charge in [-0.05, 0) is 0 Å². The zero-order valence-electron chi connectivity index (χ0n) is 6.56. The number of benzene rings is 1. The molecule has 0 bridgehead atoms. The average Bonchev–Trinajstić information content (AvgIpc) is 2.14. The van der Waals surface area contributed by atoms with Crippen LogP contribution in [0.1, 0.15) is 5.56 Å². The summed E-state index contributed by atoms with van der Waals surface area (Å²) in [4.78, 5) is 9.22. The lowest BCUT2D eigenvalue weighted by Crippen LogP contribution is -1.93. The van der Waals surface area contributed by atoms with Gasteiger partial charge >= 0.3 is 5.69 Å². The molecule has 72 valence electrons. The predicted octanol–water partition coefficient (Wildman–Crippen LogP) is 1.02. The topological polar surface area (TPSA) is 107 Å². The maximum absolute atomic E-state index is 12.9. The molecule has 0 aliphatic heterocycles. The zero-order valence-corrected chi connectivity index (χ0v) is 6.56. The molecule has 1 aromatic rings. The van der Waals surface area contributed by atoms with Crippen molar-refractivity contribution in [1.29, 1.82) is 5.26 Å². The molecular formula is C7H3FN2O4. The van der Waals surface area contributed by atoms with Crippen LogP contribution in [0.3, 0.4) is 0 Å².